The van der Waals surface area contributed by atoms with E-state index in [9.17, 15) is 4.79 Å². The van der Waals surface area contributed by atoms with E-state index in [4.69, 9.17) is 4.42 Å². The number of aromatic nitrogens is 1. The molecule has 0 bridgehead atoms. The van der Waals surface area contributed by atoms with E-state index in [1.807, 2.05) is 25.1 Å². The number of carbonyl (C=O) groups excluding carboxylic acids is 1. The summed E-state index contributed by atoms with van der Waals surface area (Å²) in [5.74, 6) is -0.325. The van der Waals surface area contributed by atoms with Crippen molar-refractivity contribution in [3.63, 3.8) is 0 Å². The second kappa shape index (κ2) is 6.71. The van der Waals surface area contributed by atoms with Gasteiger partial charge in [-0.2, -0.15) is 0 Å². The first kappa shape index (κ1) is 17.2. The second-order valence-electron chi connectivity index (χ2n) is 7.43. The summed E-state index contributed by atoms with van der Waals surface area (Å²) < 4.78 is 5.44. The molecule has 25 heavy (non-hydrogen) atoms. The number of oxazole rings is 1. The zero-order valence-electron chi connectivity index (χ0n) is 15.2. The summed E-state index contributed by atoms with van der Waals surface area (Å²) in [6, 6.07) is 14.1. The molecule has 3 rings (SSSR count). The summed E-state index contributed by atoms with van der Waals surface area (Å²) in [5.41, 5.74) is 4.82. The van der Waals surface area contributed by atoms with Crippen molar-refractivity contribution in [2.24, 2.45) is 0 Å². The van der Waals surface area contributed by atoms with Crippen molar-refractivity contribution in [1.29, 1.82) is 0 Å². The lowest BCUT2D eigenvalue weighted by Crippen LogP contribution is -2.27. The predicted octanol–water partition coefficient (Wildman–Crippen LogP) is 4.55. The fourth-order valence-corrected chi connectivity index (χ4v) is 2.86. The number of carbonyl (C=O) groups is 1. The molecule has 0 saturated heterocycles. The first-order chi connectivity index (χ1) is 11.9. The number of hydrogen-bond acceptors (Lipinski definition) is 3. The number of hydrogen-bond donors (Lipinski definition) is 1. The van der Waals surface area contributed by atoms with Gasteiger partial charge in [-0.05, 0) is 29.5 Å². The molecule has 0 spiro atoms. The molecule has 1 heterocycles. The van der Waals surface area contributed by atoms with Crippen LogP contribution in [0, 0.1) is 0 Å². The Hall–Kier alpha value is -2.62. The van der Waals surface area contributed by atoms with Crippen molar-refractivity contribution in [3.05, 3.63) is 65.5 Å². The molecule has 130 valence electrons. The van der Waals surface area contributed by atoms with Gasteiger partial charge in [-0.15, -0.1) is 0 Å². The van der Waals surface area contributed by atoms with Gasteiger partial charge in [-0.25, -0.2) is 4.98 Å². The van der Waals surface area contributed by atoms with Crippen LogP contribution in [0.25, 0.3) is 11.1 Å². The van der Waals surface area contributed by atoms with Crippen molar-refractivity contribution in [2.75, 3.05) is 0 Å². The van der Waals surface area contributed by atoms with Gasteiger partial charge < -0.3 is 9.73 Å². The Kier molecular flexibility index (Phi) is 4.62. The molecule has 1 atom stereocenters. The van der Waals surface area contributed by atoms with Gasteiger partial charge in [0.05, 0.1) is 5.92 Å². The molecule has 1 amide bonds. The third kappa shape index (κ3) is 3.73. The molecular weight excluding hydrogens is 312 g/mol. The molecule has 0 saturated carbocycles. The van der Waals surface area contributed by atoms with Gasteiger partial charge in [0.25, 0.3) is 0 Å². The molecule has 0 aliphatic heterocycles. The van der Waals surface area contributed by atoms with Crippen LogP contribution in [0.5, 0.6) is 0 Å². The highest BCUT2D eigenvalue weighted by atomic mass is 16.3. The molecule has 4 heteroatoms. The van der Waals surface area contributed by atoms with Gasteiger partial charge >= 0.3 is 0 Å². The van der Waals surface area contributed by atoms with Crippen molar-refractivity contribution in [3.8, 4) is 0 Å². The van der Waals surface area contributed by atoms with E-state index in [1.54, 1.807) is 0 Å². The summed E-state index contributed by atoms with van der Waals surface area (Å²) in [5, 5.41) is 3.01. The minimum atomic E-state index is -0.300. The van der Waals surface area contributed by atoms with Crippen LogP contribution in [0.4, 0.5) is 0 Å². The number of nitrogens with one attached hydrogen (secondary N) is 1. The molecule has 1 N–H and O–H groups in total. The van der Waals surface area contributed by atoms with Crippen LogP contribution in [0.15, 0.2) is 53.3 Å². The maximum Gasteiger partial charge on any atom is 0.227 e. The minimum absolute atomic E-state index is 0.0243. The van der Waals surface area contributed by atoms with E-state index in [0.717, 1.165) is 16.6 Å². The number of rotatable bonds is 4. The van der Waals surface area contributed by atoms with Gasteiger partial charge in [0.1, 0.15) is 5.52 Å². The SMILES string of the molecule is CC(C(=O)NCc1ccc(C(C)(C)C)cc1)c1cccc2ncoc12. The Balaban J connectivity index is 1.67. The number of nitrogens with zero attached hydrogens (tertiary/aromatic N) is 1. The zero-order valence-corrected chi connectivity index (χ0v) is 15.2. The highest BCUT2D eigenvalue weighted by Crippen LogP contribution is 2.25. The van der Waals surface area contributed by atoms with Gasteiger partial charge in [-0.1, -0.05) is 57.2 Å². The fraction of sp³-hybridized carbons (Fsp3) is 0.333. The Morgan fingerprint density at radius 1 is 1.16 bits per heavy atom. The molecule has 2 aromatic carbocycles. The first-order valence-electron chi connectivity index (χ1n) is 8.55. The summed E-state index contributed by atoms with van der Waals surface area (Å²) in [7, 11) is 0. The fourth-order valence-electron chi connectivity index (χ4n) is 2.86. The molecule has 0 fully saturated rings. The van der Waals surface area contributed by atoms with Gasteiger partial charge in [-0.3, -0.25) is 4.79 Å². The van der Waals surface area contributed by atoms with Crippen molar-refractivity contribution in [2.45, 2.75) is 45.6 Å². The number of benzene rings is 2. The molecule has 0 aliphatic carbocycles. The highest BCUT2D eigenvalue weighted by molar-refractivity contribution is 5.88. The molecule has 1 unspecified atom stereocenters. The van der Waals surface area contributed by atoms with E-state index in [-0.39, 0.29) is 17.2 Å². The monoisotopic (exact) mass is 336 g/mol. The van der Waals surface area contributed by atoms with Crippen LogP contribution in [-0.4, -0.2) is 10.9 Å². The lowest BCUT2D eigenvalue weighted by Gasteiger charge is -2.19. The normalized spacial score (nSPS) is 13.0. The predicted molar refractivity (Wildman–Crippen MR) is 99.4 cm³/mol. The molecule has 4 nitrogen and oxygen atoms in total. The van der Waals surface area contributed by atoms with Crippen LogP contribution < -0.4 is 5.32 Å². The molecular formula is C21H24N2O2. The summed E-state index contributed by atoms with van der Waals surface area (Å²) >= 11 is 0. The summed E-state index contributed by atoms with van der Waals surface area (Å²) in [6.45, 7) is 8.97. The van der Waals surface area contributed by atoms with E-state index in [1.165, 1.54) is 12.0 Å². The van der Waals surface area contributed by atoms with Gasteiger partial charge in [0.15, 0.2) is 12.0 Å². The Labute approximate surface area is 148 Å². The zero-order chi connectivity index (χ0) is 18.0. The molecule has 0 aliphatic rings. The maximum atomic E-state index is 12.5. The lowest BCUT2D eigenvalue weighted by atomic mass is 9.87. The average Bonchev–Trinajstić information content (AvgIpc) is 3.07. The van der Waals surface area contributed by atoms with Crippen LogP contribution >= 0.6 is 0 Å². The largest absolute Gasteiger partial charge is 0.443 e. The van der Waals surface area contributed by atoms with E-state index in [0.29, 0.717) is 12.1 Å². The average molecular weight is 336 g/mol. The summed E-state index contributed by atoms with van der Waals surface area (Å²) in [6.07, 6.45) is 1.41. The number of para-hydroxylation sites is 1. The quantitative estimate of drug-likeness (QED) is 0.760. The molecule has 1 aromatic heterocycles. The standard InChI is InChI=1S/C21H24N2O2/c1-14(17-6-5-7-18-19(17)25-13-23-18)20(24)22-12-15-8-10-16(11-9-15)21(2,3)4/h5-11,13-14H,12H2,1-4H3,(H,22,24). The molecule has 3 aromatic rings. The third-order valence-electron chi connectivity index (χ3n) is 4.53. The number of amides is 1. The molecule has 0 radical (unpaired) electrons. The minimum Gasteiger partial charge on any atom is -0.443 e. The number of fused-ring (bicyclic) bond motifs is 1. The first-order valence-corrected chi connectivity index (χ1v) is 8.55. The third-order valence-corrected chi connectivity index (χ3v) is 4.53. The lowest BCUT2D eigenvalue weighted by molar-refractivity contribution is -0.122. The van der Waals surface area contributed by atoms with Crippen molar-refractivity contribution in [1.82, 2.24) is 10.3 Å². The Bertz CT molecular complexity index is 873. The summed E-state index contributed by atoms with van der Waals surface area (Å²) in [4.78, 5) is 16.7. The smallest absolute Gasteiger partial charge is 0.227 e. The van der Waals surface area contributed by atoms with Crippen molar-refractivity contribution >= 4 is 17.0 Å². The van der Waals surface area contributed by atoms with Crippen LogP contribution in [0.2, 0.25) is 0 Å². The van der Waals surface area contributed by atoms with Gasteiger partial charge in [0.2, 0.25) is 5.91 Å². The van der Waals surface area contributed by atoms with Crippen LogP contribution in [0.1, 0.15) is 50.3 Å². The van der Waals surface area contributed by atoms with E-state index in [2.05, 4.69) is 55.3 Å². The maximum absolute atomic E-state index is 12.5. The van der Waals surface area contributed by atoms with E-state index >= 15 is 0 Å². The topological polar surface area (TPSA) is 55.1 Å². The highest BCUT2D eigenvalue weighted by Gasteiger charge is 2.19. The van der Waals surface area contributed by atoms with Crippen LogP contribution in [0.3, 0.4) is 0 Å². The second-order valence-corrected chi connectivity index (χ2v) is 7.43. The van der Waals surface area contributed by atoms with Crippen molar-refractivity contribution < 1.29 is 9.21 Å². The van der Waals surface area contributed by atoms with E-state index < -0.39 is 0 Å². The Morgan fingerprint density at radius 2 is 1.88 bits per heavy atom. The van der Waals surface area contributed by atoms with Gasteiger partial charge in [0, 0.05) is 12.1 Å². The van der Waals surface area contributed by atoms with Crippen LogP contribution in [-0.2, 0) is 16.8 Å². The Morgan fingerprint density at radius 3 is 2.56 bits per heavy atom.